The van der Waals surface area contributed by atoms with Crippen LogP contribution in [0.4, 0.5) is 0 Å². The van der Waals surface area contributed by atoms with Crippen LogP contribution in [-0.4, -0.2) is 72.0 Å². The molecular formula is C32H56O7. The smallest absolute Gasteiger partial charge is 0.308 e. The SMILES string of the molecule is CCCCCCCCc1ccc(OCCOCCOCCOCCOCCOC(=O)C(CC)CCCC)cc1. The maximum absolute atomic E-state index is 12.0. The zero-order chi connectivity index (χ0) is 28.2. The van der Waals surface area contributed by atoms with Crippen molar-refractivity contribution in [1.82, 2.24) is 0 Å². The van der Waals surface area contributed by atoms with E-state index in [9.17, 15) is 4.79 Å². The number of esters is 1. The van der Waals surface area contributed by atoms with Gasteiger partial charge in [-0.05, 0) is 43.4 Å². The van der Waals surface area contributed by atoms with Crippen LogP contribution in [0, 0.1) is 5.92 Å². The van der Waals surface area contributed by atoms with Gasteiger partial charge in [0.2, 0.25) is 0 Å². The van der Waals surface area contributed by atoms with Crippen molar-refractivity contribution in [2.75, 3.05) is 66.1 Å². The third kappa shape index (κ3) is 20.8. The summed E-state index contributed by atoms with van der Waals surface area (Å²) in [6.07, 6.45) is 13.0. The topological polar surface area (TPSA) is 72.5 Å². The van der Waals surface area contributed by atoms with Gasteiger partial charge in [0, 0.05) is 0 Å². The first-order chi connectivity index (χ1) is 19.2. The van der Waals surface area contributed by atoms with Crippen molar-refractivity contribution in [2.45, 2.75) is 91.4 Å². The number of ether oxygens (including phenoxy) is 6. The maximum Gasteiger partial charge on any atom is 0.308 e. The van der Waals surface area contributed by atoms with E-state index in [1.807, 2.05) is 19.1 Å². The van der Waals surface area contributed by atoms with Gasteiger partial charge in [-0.1, -0.05) is 77.8 Å². The minimum atomic E-state index is -0.108. The molecule has 0 aliphatic heterocycles. The summed E-state index contributed by atoms with van der Waals surface area (Å²) in [5.41, 5.74) is 1.38. The number of carbonyl (C=O) groups excluding carboxylic acids is 1. The van der Waals surface area contributed by atoms with Gasteiger partial charge in [-0.25, -0.2) is 0 Å². The van der Waals surface area contributed by atoms with Gasteiger partial charge in [-0.2, -0.15) is 0 Å². The van der Waals surface area contributed by atoms with Gasteiger partial charge in [0.25, 0.3) is 0 Å². The zero-order valence-electron chi connectivity index (χ0n) is 25.1. The Morgan fingerprint density at radius 2 is 1.13 bits per heavy atom. The molecule has 0 bridgehead atoms. The molecule has 7 heteroatoms. The maximum atomic E-state index is 12.0. The van der Waals surface area contributed by atoms with E-state index >= 15 is 0 Å². The minimum Gasteiger partial charge on any atom is -0.491 e. The van der Waals surface area contributed by atoms with Gasteiger partial charge in [-0.15, -0.1) is 0 Å². The molecule has 0 aliphatic carbocycles. The Bertz CT molecular complexity index is 665. The molecule has 0 saturated carbocycles. The van der Waals surface area contributed by atoms with E-state index in [-0.39, 0.29) is 11.9 Å². The molecule has 0 saturated heterocycles. The number of benzene rings is 1. The first-order valence-corrected chi connectivity index (χ1v) is 15.4. The number of rotatable bonds is 28. The molecule has 7 nitrogen and oxygen atoms in total. The molecule has 0 amide bonds. The molecule has 1 aromatic carbocycles. The summed E-state index contributed by atoms with van der Waals surface area (Å²) in [6, 6.07) is 8.43. The molecule has 0 N–H and O–H groups in total. The highest BCUT2D eigenvalue weighted by atomic mass is 16.6. The van der Waals surface area contributed by atoms with Crippen molar-refractivity contribution in [3.8, 4) is 5.75 Å². The van der Waals surface area contributed by atoms with E-state index in [2.05, 4.69) is 26.0 Å². The lowest BCUT2D eigenvalue weighted by molar-refractivity contribution is -0.150. The summed E-state index contributed by atoms with van der Waals surface area (Å²) >= 11 is 0. The standard InChI is InChI=1S/C32H56O7/c1-4-7-9-10-11-12-13-29-15-17-31(18-16-29)38-27-25-36-23-21-34-19-20-35-22-24-37-26-28-39-32(33)30(6-3)14-8-5-2/h15-18,30H,4-14,19-28H2,1-3H3. The molecule has 1 aromatic rings. The van der Waals surface area contributed by atoms with E-state index in [1.165, 1.54) is 44.1 Å². The molecule has 0 fully saturated rings. The molecule has 0 spiro atoms. The lowest BCUT2D eigenvalue weighted by atomic mass is 10.00. The molecule has 1 unspecified atom stereocenters. The Morgan fingerprint density at radius 1 is 0.615 bits per heavy atom. The molecule has 0 aliphatic rings. The molecule has 0 radical (unpaired) electrons. The summed E-state index contributed by atoms with van der Waals surface area (Å²) in [5, 5.41) is 0. The van der Waals surface area contributed by atoms with Crippen LogP contribution in [0.5, 0.6) is 5.75 Å². The Morgan fingerprint density at radius 3 is 1.69 bits per heavy atom. The molecule has 226 valence electrons. The minimum absolute atomic E-state index is 0.00866. The third-order valence-electron chi connectivity index (χ3n) is 6.56. The Balaban J connectivity index is 1.84. The summed E-state index contributed by atoms with van der Waals surface area (Å²) in [4.78, 5) is 12.0. The average Bonchev–Trinajstić information content (AvgIpc) is 2.95. The van der Waals surface area contributed by atoms with Crippen LogP contribution >= 0.6 is 0 Å². The predicted octanol–water partition coefficient (Wildman–Crippen LogP) is 6.79. The van der Waals surface area contributed by atoms with Crippen molar-refractivity contribution in [1.29, 1.82) is 0 Å². The fourth-order valence-corrected chi connectivity index (χ4v) is 4.10. The second kappa shape index (κ2) is 26.5. The number of hydrogen-bond donors (Lipinski definition) is 0. The van der Waals surface area contributed by atoms with E-state index in [1.54, 1.807) is 0 Å². The van der Waals surface area contributed by atoms with Gasteiger partial charge < -0.3 is 28.4 Å². The van der Waals surface area contributed by atoms with Crippen LogP contribution < -0.4 is 4.74 Å². The summed E-state index contributed by atoms with van der Waals surface area (Å²) < 4.78 is 33.1. The molecule has 0 heterocycles. The van der Waals surface area contributed by atoms with Crippen molar-refractivity contribution >= 4 is 5.97 Å². The van der Waals surface area contributed by atoms with Crippen LogP contribution in [-0.2, 0) is 34.9 Å². The highest BCUT2D eigenvalue weighted by Gasteiger charge is 2.16. The van der Waals surface area contributed by atoms with Crippen LogP contribution in [0.3, 0.4) is 0 Å². The first-order valence-electron chi connectivity index (χ1n) is 15.4. The summed E-state index contributed by atoms with van der Waals surface area (Å²) in [6.45, 7) is 11.2. The van der Waals surface area contributed by atoms with Crippen LogP contribution in [0.15, 0.2) is 24.3 Å². The van der Waals surface area contributed by atoms with E-state index < -0.39 is 0 Å². The first kappa shape index (κ1) is 35.4. The molecule has 0 aromatic heterocycles. The number of carbonyl (C=O) groups is 1. The highest BCUT2D eigenvalue weighted by molar-refractivity contribution is 5.72. The van der Waals surface area contributed by atoms with Crippen molar-refractivity contribution in [2.24, 2.45) is 5.92 Å². The highest BCUT2D eigenvalue weighted by Crippen LogP contribution is 2.15. The monoisotopic (exact) mass is 552 g/mol. The van der Waals surface area contributed by atoms with E-state index in [4.69, 9.17) is 28.4 Å². The number of aryl methyl sites for hydroxylation is 1. The van der Waals surface area contributed by atoms with Gasteiger partial charge >= 0.3 is 5.97 Å². The Labute approximate surface area is 238 Å². The number of hydrogen-bond acceptors (Lipinski definition) is 7. The van der Waals surface area contributed by atoms with Crippen molar-refractivity contribution < 1.29 is 33.2 Å². The molecular weight excluding hydrogens is 496 g/mol. The van der Waals surface area contributed by atoms with Gasteiger partial charge in [0.1, 0.15) is 19.0 Å². The van der Waals surface area contributed by atoms with Crippen molar-refractivity contribution in [3.63, 3.8) is 0 Å². The molecule has 1 rings (SSSR count). The summed E-state index contributed by atoms with van der Waals surface area (Å²) in [5.74, 6) is 0.786. The van der Waals surface area contributed by atoms with Crippen LogP contribution in [0.25, 0.3) is 0 Å². The lowest BCUT2D eigenvalue weighted by Gasteiger charge is -2.13. The second-order valence-electron chi connectivity index (χ2n) is 9.87. The van der Waals surface area contributed by atoms with E-state index in [0.29, 0.717) is 66.1 Å². The Kier molecular flexibility index (Phi) is 24.1. The quantitative estimate of drug-likeness (QED) is 0.0837. The fourth-order valence-electron chi connectivity index (χ4n) is 4.10. The van der Waals surface area contributed by atoms with Crippen molar-refractivity contribution in [3.05, 3.63) is 29.8 Å². The van der Waals surface area contributed by atoms with Gasteiger partial charge in [-0.3, -0.25) is 4.79 Å². The van der Waals surface area contributed by atoms with Gasteiger partial charge in [0.05, 0.1) is 58.8 Å². The number of unbranched alkanes of at least 4 members (excludes halogenated alkanes) is 6. The molecule has 39 heavy (non-hydrogen) atoms. The largest absolute Gasteiger partial charge is 0.491 e. The molecule has 1 atom stereocenters. The average molecular weight is 553 g/mol. The predicted molar refractivity (Wildman–Crippen MR) is 157 cm³/mol. The van der Waals surface area contributed by atoms with E-state index in [0.717, 1.165) is 37.9 Å². The zero-order valence-corrected chi connectivity index (χ0v) is 25.1. The lowest BCUT2D eigenvalue weighted by Crippen LogP contribution is -2.20. The normalized spacial score (nSPS) is 12.0. The fraction of sp³-hybridized carbons (Fsp3) is 0.781. The van der Waals surface area contributed by atoms with Gasteiger partial charge in [0.15, 0.2) is 0 Å². The van der Waals surface area contributed by atoms with Crippen LogP contribution in [0.2, 0.25) is 0 Å². The van der Waals surface area contributed by atoms with Crippen LogP contribution in [0.1, 0.15) is 90.5 Å². The summed E-state index contributed by atoms with van der Waals surface area (Å²) in [7, 11) is 0. The third-order valence-corrected chi connectivity index (χ3v) is 6.56. The second-order valence-corrected chi connectivity index (χ2v) is 9.87. The Hall–Kier alpha value is -1.67.